The maximum atomic E-state index is 13.8. The van der Waals surface area contributed by atoms with Gasteiger partial charge in [0.2, 0.25) is 0 Å². The van der Waals surface area contributed by atoms with E-state index < -0.39 is 5.97 Å². The molecule has 5 rings (SSSR count). The first-order valence-electron chi connectivity index (χ1n) is 11.8. The lowest BCUT2D eigenvalue weighted by molar-refractivity contribution is 0.0529. The van der Waals surface area contributed by atoms with Crippen LogP contribution in [0.3, 0.4) is 0 Å². The average molecular weight is 511 g/mol. The molecule has 0 radical (unpaired) electrons. The van der Waals surface area contributed by atoms with Crippen molar-refractivity contribution in [3.63, 3.8) is 0 Å². The molecule has 0 aliphatic rings. The van der Waals surface area contributed by atoms with Crippen molar-refractivity contribution in [2.45, 2.75) is 13.8 Å². The number of aromatic nitrogens is 1. The fourth-order valence-corrected chi connectivity index (χ4v) is 5.29. The fraction of sp³-hybridized carbons (Fsp3) is 0.100. The van der Waals surface area contributed by atoms with Crippen LogP contribution in [0.4, 0.5) is 9.39 Å². The van der Waals surface area contributed by atoms with Gasteiger partial charge in [0.15, 0.2) is 0 Å². The van der Waals surface area contributed by atoms with E-state index in [0.717, 1.165) is 11.1 Å². The predicted octanol–water partition coefficient (Wildman–Crippen LogP) is 7.51. The summed E-state index contributed by atoms with van der Waals surface area (Å²) in [4.78, 5) is 31.6. The van der Waals surface area contributed by atoms with Crippen LogP contribution in [0.2, 0.25) is 0 Å². The average Bonchev–Trinajstić information content (AvgIpc) is 3.32. The Morgan fingerprint density at radius 2 is 1.62 bits per heavy atom. The van der Waals surface area contributed by atoms with E-state index in [-0.39, 0.29) is 23.9 Å². The molecule has 3 aromatic carbocycles. The van der Waals surface area contributed by atoms with Crippen molar-refractivity contribution >= 4 is 39.1 Å². The van der Waals surface area contributed by atoms with Crippen LogP contribution in [0, 0.1) is 12.7 Å². The Kier molecular flexibility index (Phi) is 6.79. The Labute approximate surface area is 217 Å². The van der Waals surface area contributed by atoms with Crippen LogP contribution in [0.15, 0.2) is 84.2 Å². The number of para-hydroxylation sites is 1. The summed E-state index contributed by atoms with van der Waals surface area (Å²) < 4.78 is 18.8. The van der Waals surface area contributed by atoms with Gasteiger partial charge in [0, 0.05) is 21.9 Å². The summed E-state index contributed by atoms with van der Waals surface area (Å²) in [6.07, 6.45) is 0. The SMILES string of the molecule is CCOC(=O)c1c(-c2ccc(F)cc2)csc1NC(=O)c1c(C)c(-c2ccccc2)nc2ccccc12. The van der Waals surface area contributed by atoms with Gasteiger partial charge in [0.25, 0.3) is 5.91 Å². The predicted molar refractivity (Wildman–Crippen MR) is 146 cm³/mol. The van der Waals surface area contributed by atoms with Gasteiger partial charge in [-0.15, -0.1) is 11.3 Å². The Balaban J connectivity index is 1.62. The van der Waals surface area contributed by atoms with Gasteiger partial charge in [-0.1, -0.05) is 60.7 Å². The van der Waals surface area contributed by atoms with Crippen molar-refractivity contribution in [3.05, 3.63) is 107 Å². The number of nitrogens with zero attached hydrogens (tertiary/aromatic N) is 1. The number of rotatable bonds is 6. The Bertz CT molecular complexity index is 1610. The highest BCUT2D eigenvalue weighted by atomic mass is 32.1. The van der Waals surface area contributed by atoms with Crippen LogP contribution in [-0.2, 0) is 4.74 Å². The molecule has 1 N–H and O–H groups in total. The molecule has 5 aromatic rings. The number of anilines is 1. The monoisotopic (exact) mass is 510 g/mol. The number of fused-ring (bicyclic) bond motifs is 1. The van der Waals surface area contributed by atoms with E-state index in [2.05, 4.69) is 5.32 Å². The summed E-state index contributed by atoms with van der Waals surface area (Å²) in [5, 5.41) is 5.80. The molecule has 0 atom stereocenters. The smallest absolute Gasteiger partial charge is 0.341 e. The minimum atomic E-state index is -0.556. The summed E-state index contributed by atoms with van der Waals surface area (Å²) >= 11 is 1.22. The number of pyridine rings is 1. The molecule has 2 aromatic heterocycles. The first kappa shape index (κ1) is 24.3. The summed E-state index contributed by atoms with van der Waals surface area (Å²) in [6, 6.07) is 23.0. The highest BCUT2D eigenvalue weighted by Crippen LogP contribution is 2.37. The number of thiophene rings is 1. The van der Waals surface area contributed by atoms with Gasteiger partial charge in [-0.05, 0) is 43.2 Å². The third-order valence-corrected chi connectivity index (χ3v) is 6.96. The van der Waals surface area contributed by atoms with Gasteiger partial charge in [-0.3, -0.25) is 4.79 Å². The molecule has 2 heterocycles. The van der Waals surface area contributed by atoms with Crippen LogP contribution in [0.5, 0.6) is 0 Å². The van der Waals surface area contributed by atoms with Crippen LogP contribution >= 0.6 is 11.3 Å². The van der Waals surface area contributed by atoms with Crippen molar-refractivity contribution in [1.29, 1.82) is 0 Å². The van der Waals surface area contributed by atoms with E-state index in [1.165, 1.54) is 23.5 Å². The topological polar surface area (TPSA) is 68.3 Å². The van der Waals surface area contributed by atoms with E-state index >= 15 is 0 Å². The molecule has 0 aliphatic carbocycles. The molecular formula is C30H23FN2O3S. The van der Waals surface area contributed by atoms with Crippen molar-refractivity contribution in [2.24, 2.45) is 0 Å². The van der Waals surface area contributed by atoms with E-state index in [4.69, 9.17) is 9.72 Å². The Morgan fingerprint density at radius 3 is 2.35 bits per heavy atom. The number of halogens is 1. The maximum absolute atomic E-state index is 13.8. The van der Waals surface area contributed by atoms with Gasteiger partial charge >= 0.3 is 5.97 Å². The number of nitrogens with one attached hydrogen (secondary N) is 1. The standard InChI is InChI=1S/C30H23FN2O3S/c1-3-36-30(35)26-23(19-13-15-21(31)16-14-19)17-37-29(26)33-28(34)25-18(2)27(20-9-5-4-6-10-20)32-24-12-8-7-11-22(24)25/h4-17H,3H2,1-2H3,(H,33,34). The number of esters is 1. The first-order valence-corrected chi connectivity index (χ1v) is 12.7. The maximum Gasteiger partial charge on any atom is 0.341 e. The van der Waals surface area contributed by atoms with Crippen molar-refractivity contribution in [1.82, 2.24) is 4.98 Å². The molecule has 184 valence electrons. The van der Waals surface area contributed by atoms with Crippen molar-refractivity contribution in [2.75, 3.05) is 11.9 Å². The lowest BCUT2D eigenvalue weighted by Crippen LogP contribution is -2.17. The molecule has 37 heavy (non-hydrogen) atoms. The third-order valence-electron chi connectivity index (χ3n) is 6.06. The summed E-state index contributed by atoms with van der Waals surface area (Å²) in [7, 11) is 0. The summed E-state index contributed by atoms with van der Waals surface area (Å²) in [6.45, 7) is 3.78. The highest BCUT2D eigenvalue weighted by molar-refractivity contribution is 7.15. The fourth-order valence-electron chi connectivity index (χ4n) is 4.34. The quantitative estimate of drug-likeness (QED) is 0.240. The number of ether oxygens (including phenoxy) is 1. The molecule has 0 saturated carbocycles. The zero-order chi connectivity index (χ0) is 25.9. The van der Waals surface area contributed by atoms with Gasteiger partial charge in [-0.25, -0.2) is 14.2 Å². The molecule has 5 nitrogen and oxygen atoms in total. The number of benzene rings is 3. The van der Waals surface area contributed by atoms with Crippen LogP contribution in [0.25, 0.3) is 33.3 Å². The minimum absolute atomic E-state index is 0.180. The Hall–Kier alpha value is -4.36. The molecule has 1 amide bonds. The second-order valence-electron chi connectivity index (χ2n) is 8.38. The lowest BCUT2D eigenvalue weighted by atomic mass is 9.97. The zero-order valence-electron chi connectivity index (χ0n) is 20.2. The van der Waals surface area contributed by atoms with Gasteiger partial charge in [0.05, 0.1) is 23.4 Å². The zero-order valence-corrected chi connectivity index (χ0v) is 21.1. The summed E-state index contributed by atoms with van der Waals surface area (Å²) in [5.74, 6) is -1.29. The molecule has 0 saturated heterocycles. The van der Waals surface area contributed by atoms with E-state index in [1.54, 1.807) is 24.4 Å². The molecule has 0 aliphatic heterocycles. The second kappa shape index (κ2) is 10.3. The molecule has 7 heteroatoms. The Morgan fingerprint density at radius 1 is 0.919 bits per heavy atom. The largest absolute Gasteiger partial charge is 0.462 e. The molecular weight excluding hydrogens is 487 g/mol. The van der Waals surface area contributed by atoms with E-state index in [0.29, 0.717) is 38.3 Å². The summed E-state index contributed by atoms with van der Waals surface area (Å²) in [5.41, 5.74) is 4.99. The van der Waals surface area contributed by atoms with Gasteiger partial charge < -0.3 is 10.1 Å². The highest BCUT2D eigenvalue weighted by Gasteiger charge is 2.25. The molecule has 0 bridgehead atoms. The second-order valence-corrected chi connectivity index (χ2v) is 9.26. The number of carbonyl (C=O) groups is 2. The minimum Gasteiger partial charge on any atom is -0.462 e. The van der Waals surface area contributed by atoms with E-state index in [9.17, 15) is 14.0 Å². The van der Waals surface area contributed by atoms with Crippen molar-refractivity contribution < 1.29 is 18.7 Å². The normalized spacial score (nSPS) is 10.9. The molecule has 0 spiro atoms. The third kappa shape index (κ3) is 4.73. The number of amides is 1. The van der Waals surface area contributed by atoms with Crippen molar-refractivity contribution in [3.8, 4) is 22.4 Å². The molecule has 0 fully saturated rings. The van der Waals surface area contributed by atoms with Gasteiger partial charge in [0.1, 0.15) is 16.4 Å². The van der Waals surface area contributed by atoms with Crippen LogP contribution in [-0.4, -0.2) is 23.5 Å². The van der Waals surface area contributed by atoms with Gasteiger partial charge in [-0.2, -0.15) is 0 Å². The van der Waals surface area contributed by atoms with Crippen LogP contribution < -0.4 is 5.32 Å². The number of hydrogen-bond donors (Lipinski definition) is 1. The van der Waals surface area contributed by atoms with Crippen LogP contribution in [0.1, 0.15) is 33.2 Å². The number of hydrogen-bond acceptors (Lipinski definition) is 5. The lowest BCUT2D eigenvalue weighted by Gasteiger charge is -2.15. The first-order chi connectivity index (χ1) is 18.0. The number of carbonyl (C=O) groups excluding carboxylic acids is 2. The molecule has 0 unspecified atom stereocenters. The van der Waals surface area contributed by atoms with E-state index in [1.807, 2.05) is 61.5 Å².